The molecule has 1 unspecified atom stereocenters. The first-order valence-electron chi connectivity index (χ1n) is 4.89. The number of carbonyl (C=O) groups excluding carboxylic acids is 1. The van der Waals surface area contributed by atoms with Gasteiger partial charge in [0.05, 0.1) is 12.2 Å². The topological polar surface area (TPSA) is 72.9 Å². The summed E-state index contributed by atoms with van der Waals surface area (Å²) in [5.41, 5.74) is 6.55. The van der Waals surface area contributed by atoms with Crippen LogP contribution in [0, 0.1) is 13.8 Å². The Kier molecular flexibility index (Phi) is 3.14. The van der Waals surface area contributed by atoms with Crippen LogP contribution in [-0.2, 0) is 11.3 Å². The summed E-state index contributed by atoms with van der Waals surface area (Å²) in [4.78, 5) is 11.3. The number of aryl methyl sites for hydroxylation is 2. The molecule has 0 aromatic carbocycles. The van der Waals surface area contributed by atoms with Gasteiger partial charge in [-0.15, -0.1) is 0 Å². The molecular formula is C10H18N4O. The molecule has 1 atom stereocenters. The molecule has 0 fully saturated rings. The Morgan fingerprint density at radius 2 is 2.27 bits per heavy atom. The number of nitrogens with one attached hydrogen (secondary N) is 1. The van der Waals surface area contributed by atoms with Crippen LogP contribution < -0.4 is 11.1 Å². The Balaban J connectivity index is 2.93. The van der Waals surface area contributed by atoms with E-state index in [0.29, 0.717) is 6.54 Å². The number of aromatic nitrogens is 2. The Labute approximate surface area is 89.6 Å². The van der Waals surface area contributed by atoms with Crippen molar-refractivity contribution in [2.75, 3.05) is 7.05 Å². The molecule has 1 aromatic heterocycles. The SMILES string of the molecule is CNC(C)(Cn1nc(C)cc1C)C(N)=O. The molecule has 0 aliphatic heterocycles. The fraction of sp³-hybridized carbons (Fsp3) is 0.600. The van der Waals surface area contributed by atoms with Crippen molar-refractivity contribution >= 4 is 5.91 Å². The molecule has 3 N–H and O–H groups in total. The average Bonchev–Trinajstić information content (AvgIpc) is 2.44. The third-order valence-corrected chi connectivity index (χ3v) is 2.66. The lowest BCUT2D eigenvalue weighted by Crippen LogP contribution is -2.54. The van der Waals surface area contributed by atoms with Crippen molar-refractivity contribution in [1.82, 2.24) is 15.1 Å². The number of primary amides is 1. The molecule has 0 aliphatic carbocycles. The monoisotopic (exact) mass is 210 g/mol. The van der Waals surface area contributed by atoms with Crippen LogP contribution in [0.1, 0.15) is 18.3 Å². The number of carbonyl (C=O) groups is 1. The first-order chi connectivity index (χ1) is 6.89. The Morgan fingerprint density at radius 1 is 1.67 bits per heavy atom. The molecular weight excluding hydrogens is 192 g/mol. The molecule has 0 spiro atoms. The average molecular weight is 210 g/mol. The smallest absolute Gasteiger partial charge is 0.239 e. The van der Waals surface area contributed by atoms with Crippen LogP contribution in [0.25, 0.3) is 0 Å². The number of hydrogen-bond donors (Lipinski definition) is 2. The molecule has 1 heterocycles. The predicted molar refractivity (Wildman–Crippen MR) is 58.4 cm³/mol. The molecule has 1 rings (SSSR count). The molecule has 0 radical (unpaired) electrons. The molecule has 5 heteroatoms. The maximum Gasteiger partial charge on any atom is 0.239 e. The van der Waals surface area contributed by atoms with E-state index in [1.165, 1.54) is 0 Å². The van der Waals surface area contributed by atoms with Crippen LogP contribution in [0.3, 0.4) is 0 Å². The lowest BCUT2D eigenvalue weighted by atomic mass is 10.0. The van der Waals surface area contributed by atoms with E-state index in [-0.39, 0.29) is 5.91 Å². The Hall–Kier alpha value is -1.36. The van der Waals surface area contributed by atoms with E-state index in [2.05, 4.69) is 10.4 Å². The fourth-order valence-electron chi connectivity index (χ4n) is 1.41. The van der Waals surface area contributed by atoms with Gasteiger partial charge >= 0.3 is 0 Å². The quantitative estimate of drug-likeness (QED) is 0.732. The van der Waals surface area contributed by atoms with Gasteiger partial charge in [-0.05, 0) is 33.9 Å². The van der Waals surface area contributed by atoms with Gasteiger partial charge in [-0.3, -0.25) is 9.48 Å². The zero-order valence-electron chi connectivity index (χ0n) is 9.66. The third-order valence-electron chi connectivity index (χ3n) is 2.66. The summed E-state index contributed by atoms with van der Waals surface area (Å²) in [6, 6.07) is 1.97. The molecule has 0 bridgehead atoms. The van der Waals surface area contributed by atoms with Crippen molar-refractivity contribution in [2.24, 2.45) is 5.73 Å². The van der Waals surface area contributed by atoms with E-state index in [0.717, 1.165) is 11.4 Å². The number of likely N-dealkylation sites (N-methyl/N-ethyl adjacent to an activating group) is 1. The van der Waals surface area contributed by atoms with Crippen molar-refractivity contribution < 1.29 is 4.79 Å². The van der Waals surface area contributed by atoms with Crippen molar-refractivity contribution in [1.29, 1.82) is 0 Å². The third kappa shape index (κ3) is 2.36. The molecule has 1 amide bonds. The molecule has 0 aliphatic rings. The summed E-state index contributed by atoms with van der Waals surface area (Å²) < 4.78 is 1.79. The number of amides is 1. The van der Waals surface area contributed by atoms with E-state index < -0.39 is 5.54 Å². The highest BCUT2D eigenvalue weighted by Crippen LogP contribution is 2.09. The zero-order valence-corrected chi connectivity index (χ0v) is 9.66. The van der Waals surface area contributed by atoms with E-state index in [9.17, 15) is 4.79 Å². The van der Waals surface area contributed by atoms with Crippen LogP contribution in [0.2, 0.25) is 0 Å². The molecule has 84 valence electrons. The number of rotatable bonds is 4. The van der Waals surface area contributed by atoms with Gasteiger partial charge in [0.1, 0.15) is 5.54 Å². The van der Waals surface area contributed by atoms with Crippen LogP contribution >= 0.6 is 0 Å². The van der Waals surface area contributed by atoms with Gasteiger partial charge in [-0.2, -0.15) is 5.10 Å². The van der Waals surface area contributed by atoms with Crippen LogP contribution in [0.15, 0.2) is 6.07 Å². The van der Waals surface area contributed by atoms with Crippen molar-refractivity contribution in [2.45, 2.75) is 32.9 Å². The second kappa shape index (κ2) is 4.02. The van der Waals surface area contributed by atoms with Crippen LogP contribution in [0.5, 0.6) is 0 Å². The van der Waals surface area contributed by atoms with Crippen molar-refractivity contribution in [3.63, 3.8) is 0 Å². The predicted octanol–water partition coefficient (Wildman–Crippen LogP) is -0.0367. The lowest BCUT2D eigenvalue weighted by molar-refractivity contribution is -0.124. The summed E-state index contributed by atoms with van der Waals surface area (Å²) in [5, 5.41) is 7.22. The van der Waals surface area contributed by atoms with Gasteiger partial charge < -0.3 is 11.1 Å². The minimum Gasteiger partial charge on any atom is -0.368 e. The summed E-state index contributed by atoms with van der Waals surface area (Å²) in [6.07, 6.45) is 0. The Bertz CT molecular complexity index is 371. The lowest BCUT2D eigenvalue weighted by Gasteiger charge is -2.25. The fourth-order valence-corrected chi connectivity index (χ4v) is 1.41. The van der Waals surface area contributed by atoms with Gasteiger partial charge in [0.25, 0.3) is 0 Å². The van der Waals surface area contributed by atoms with Crippen molar-refractivity contribution in [3.05, 3.63) is 17.5 Å². The summed E-state index contributed by atoms with van der Waals surface area (Å²) in [7, 11) is 1.72. The van der Waals surface area contributed by atoms with Gasteiger partial charge in [-0.1, -0.05) is 0 Å². The second-order valence-electron chi connectivity index (χ2n) is 4.03. The van der Waals surface area contributed by atoms with Gasteiger partial charge in [0.15, 0.2) is 0 Å². The number of nitrogens with zero attached hydrogens (tertiary/aromatic N) is 2. The summed E-state index contributed by atoms with van der Waals surface area (Å²) in [5.74, 6) is -0.377. The molecule has 0 saturated heterocycles. The molecule has 5 nitrogen and oxygen atoms in total. The maximum absolute atomic E-state index is 11.3. The standard InChI is InChI=1S/C10H18N4O/c1-7-5-8(2)14(13-7)6-10(3,12-4)9(11)15/h5,12H,6H2,1-4H3,(H2,11,15). The minimum atomic E-state index is -0.761. The number of nitrogens with two attached hydrogens (primary N) is 1. The van der Waals surface area contributed by atoms with E-state index in [4.69, 9.17) is 5.73 Å². The van der Waals surface area contributed by atoms with Gasteiger partial charge in [-0.25, -0.2) is 0 Å². The highest BCUT2D eigenvalue weighted by atomic mass is 16.1. The van der Waals surface area contributed by atoms with Gasteiger partial charge in [0.2, 0.25) is 5.91 Å². The second-order valence-corrected chi connectivity index (χ2v) is 4.03. The zero-order chi connectivity index (χ0) is 11.6. The normalized spacial score (nSPS) is 14.9. The first kappa shape index (κ1) is 11.7. The van der Waals surface area contributed by atoms with E-state index in [1.54, 1.807) is 18.7 Å². The summed E-state index contributed by atoms with van der Waals surface area (Å²) in [6.45, 7) is 6.09. The largest absolute Gasteiger partial charge is 0.368 e. The van der Waals surface area contributed by atoms with Gasteiger partial charge in [0, 0.05) is 5.69 Å². The van der Waals surface area contributed by atoms with E-state index >= 15 is 0 Å². The minimum absolute atomic E-state index is 0.377. The first-order valence-corrected chi connectivity index (χ1v) is 4.89. The maximum atomic E-state index is 11.3. The number of hydrogen-bond acceptors (Lipinski definition) is 3. The van der Waals surface area contributed by atoms with E-state index in [1.807, 2.05) is 19.9 Å². The highest BCUT2D eigenvalue weighted by molar-refractivity contribution is 5.84. The summed E-state index contributed by atoms with van der Waals surface area (Å²) >= 11 is 0. The Morgan fingerprint density at radius 3 is 2.60 bits per heavy atom. The van der Waals surface area contributed by atoms with Crippen LogP contribution in [-0.4, -0.2) is 28.3 Å². The highest BCUT2D eigenvalue weighted by Gasteiger charge is 2.30. The molecule has 0 saturated carbocycles. The van der Waals surface area contributed by atoms with Crippen LogP contribution in [0.4, 0.5) is 0 Å². The molecule has 1 aromatic rings. The van der Waals surface area contributed by atoms with Crippen molar-refractivity contribution in [3.8, 4) is 0 Å². The molecule has 15 heavy (non-hydrogen) atoms.